The number of benzene rings is 1. The first kappa shape index (κ1) is 17.2. The smallest absolute Gasteiger partial charge is 0.0175 e. The van der Waals surface area contributed by atoms with Crippen molar-refractivity contribution in [3.63, 3.8) is 0 Å². The normalized spacial score (nSPS) is 13.9. The Bertz CT molecular complexity index is 431. The highest BCUT2D eigenvalue weighted by Gasteiger charge is 2.02. The van der Waals surface area contributed by atoms with Crippen LogP contribution < -0.4 is 5.32 Å². The van der Waals surface area contributed by atoms with E-state index in [9.17, 15) is 0 Å². The van der Waals surface area contributed by atoms with Crippen molar-refractivity contribution in [3.8, 4) is 0 Å². The van der Waals surface area contributed by atoms with Crippen LogP contribution in [0.1, 0.15) is 39.2 Å². The van der Waals surface area contributed by atoms with Crippen molar-refractivity contribution in [1.29, 1.82) is 0 Å². The molecule has 2 heteroatoms. The summed E-state index contributed by atoms with van der Waals surface area (Å²) in [7, 11) is 0. The van der Waals surface area contributed by atoms with Gasteiger partial charge in [0.1, 0.15) is 0 Å². The summed E-state index contributed by atoms with van der Waals surface area (Å²) >= 11 is 3.47. The van der Waals surface area contributed by atoms with E-state index in [0.29, 0.717) is 6.04 Å². The largest absolute Gasteiger partial charge is 0.314 e. The van der Waals surface area contributed by atoms with E-state index in [2.05, 4.69) is 84.5 Å². The molecule has 20 heavy (non-hydrogen) atoms. The molecule has 0 fully saturated rings. The SMILES string of the molecule is C/C=C\C(=C/C)CCCNC(C)Cc1ccc(Br)cc1. The lowest BCUT2D eigenvalue weighted by atomic mass is 10.1. The van der Waals surface area contributed by atoms with Crippen LogP contribution in [0.15, 0.2) is 52.5 Å². The Labute approximate surface area is 132 Å². The van der Waals surface area contributed by atoms with Gasteiger partial charge in [0.2, 0.25) is 0 Å². The average Bonchev–Trinajstić information content (AvgIpc) is 2.45. The zero-order chi connectivity index (χ0) is 14.8. The van der Waals surface area contributed by atoms with Crippen LogP contribution in [0, 0.1) is 0 Å². The predicted molar refractivity (Wildman–Crippen MR) is 93.1 cm³/mol. The van der Waals surface area contributed by atoms with Gasteiger partial charge in [0.25, 0.3) is 0 Å². The highest BCUT2D eigenvalue weighted by Crippen LogP contribution is 2.12. The van der Waals surface area contributed by atoms with E-state index < -0.39 is 0 Å². The second-order valence-electron chi connectivity index (χ2n) is 5.15. The quantitative estimate of drug-likeness (QED) is 0.503. The monoisotopic (exact) mass is 335 g/mol. The number of hydrogen-bond donors (Lipinski definition) is 1. The molecule has 0 radical (unpaired) electrons. The number of hydrogen-bond acceptors (Lipinski definition) is 1. The molecule has 0 aliphatic carbocycles. The van der Waals surface area contributed by atoms with Gasteiger partial charge in [-0.2, -0.15) is 0 Å². The Morgan fingerprint density at radius 1 is 1.25 bits per heavy atom. The predicted octanol–water partition coefficient (Wildman–Crippen LogP) is 5.27. The molecule has 0 amide bonds. The van der Waals surface area contributed by atoms with Crippen LogP contribution in [0.3, 0.4) is 0 Å². The van der Waals surface area contributed by atoms with Crippen molar-refractivity contribution in [2.24, 2.45) is 0 Å². The van der Waals surface area contributed by atoms with Crippen LogP contribution in [0.25, 0.3) is 0 Å². The topological polar surface area (TPSA) is 12.0 Å². The number of nitrogens with one attached hydrogen (secondary N) is 1. The zero-order valence-electron chi connectivity index (χ0n) is 12.8. The Morgan fingerprint density at radius 3 is 2.55 bits per heavy atom. The van der Waals surface area contributed by atoms with Crippen molar-refractivity contribution >= 4 is 15.9 Å². The maximum Gasteiger partial charge on any atom is 0.0175 e. The second kappa shape index (κ2) is 9.95. The van der Waals surface area contributed by atoms with E-state index >= 15 is 0 Å². The summed E-state index contributed by atoms with van der Waals surface area (Å²) in [4.78, 5) is 0. The van der Waals surface area contributed by atoms with Crippen molar-refractivity contribution in [2.75, 3.05) is 6.54 Å². The van der Waals surface area contributed by atoms with Gasteiger partial charge in [-0.05, 0) is 64.3 Å². The van der Waals surface area contributed by atoms with Crippen molar-refractivity contribution in [2.45, 2.75) is 46.1 Å². The van der Waals surface area contributed by atoms with Crippen molar-refractivity contribution in [3.05, 3.63) is 58.1 Å². The van der Waals surface area contributed by atoms with Gasteiger partial charge in [0.15, 0.2) is 0 Å². The van der Waals surface area contributed by atoms with Crippen LogP contribution in [0.4, 0.5) is 0 Å². The molecule has 0 aliphatic heterocycles. The molecule has 1 nitrogen and oxygen atoms in total. The van der Waals surface area contributed by atoms with Gasteiger partial charge < -0.3 is 5.32 Å². The molecule has 0 spiro atoms. The summed E-state index contributed by atoms with van der Waals surface area (Å²) in [6, 6.07) is 9.11. The summed E-state index contributed by atoms with van der Waals surface area (Å²) < 4.78 is 1.14. The fourth-order valence-electron chi connectivity index (χ4n) is 2.23. The average molecular weight is 336 g/mol. The minimum Gasteiger partial charge on any atom is -0.314 e. The molecule has 110 valence electrons. The fourth-order valence-corrected chi connectivity index (χ4v) is 2.49. The molecule has 0 aromatic heterocycles. The van der Waals surface area contributed by atoms with Gasteiger partial charge in [-0.3, -0.25) is 0 Å². The van der Waals surface area contributed by atoms with E-state index in [0.717, 1.165) is 23.9 Å². The Kier molecular flexibility index (Phi) is 8.56. The molecular weight excluding hydrogens is 310 g/mol. The first-order valence-corrected chi connectivity index (χ1v) is 8.20. The van der Waals surface area contributed by atoms with Gasteiger partial charge in [-0.1, -0.05) is 51.9 Å². The molecule has 1 rings (SSSR count). The molecule has 1 N–H and O–H groups in total. The lowest BCUT2D eigenvalue weighted by Crippen LogP contribution is -2.29. The van der Waals surface area contributed by atoms with E-state index in [4.69, 9.17) is 0 Å². The van der Waals surface area contributed by atoms with Crippen LogP contribution >= 0.6 is 15.9 Å². The van der Waals surface area contributed by atoms with Crippen LogP contribution in [0.2, 0.25) is 0 Å². The summed E-state index contributed by atoms with van der Waals surface area (Å²) in [5.41, 5.74) is 2.81. The minimum atomic E-state index is 0.520. The highest BCUT2D eigenvalue weighted by molar-refractivity contribution is 9.10. The van der Waals surface area contributed by atoms with Gasteiger partial charge in [-0.25, -0.2) is 0 Å². The number of allylic oxidation sites excluding steroid dienone is 4. The summed E-state index contributed by atoms with van der Waals surface area (Å²) in [5, 5.41) is 3.60. The van der Waals surface area contributed by atoms with E-state index in [1.54, 1.807) is 0 Å². The maximum absolute atomic E-state index is 3.60. The fraction of sp³-hybridized carbons (Fsp3) is 0.444. The Hall–Kier alpha value is -0.860. The molecule has 0 bridgehead atoms. The lowest BCUT2D eigenvalue weighted by molar-refractivity contribution is 0.534. The molecular formula is C18H26BrN. The first-order chi connectivity index (χ1) is 9.65. The number of halogens is 1. The van der Waals surface area contributed by atoms with Crippen LogP contribution in [-0.4, -0.2) is 12.6 Å². The molecule has 1 aromatic carbocycles. The first-order valence-electron chi connectivity index (χ1n) is 7.41. The Morgan fingerprint density at radius 2 is 1.95 bits per heavy atom. The summed E-state index contributed by atoms with van der Waals surface area (Å²) in [6.45, 7) is 7.51. The molecule has 0 saturated heterocycles. The maximum atomic E-state index is 3.60. The zero-order valence-corrected chi connectivity index (χ0v) is 14.4. The molecule has 1 atom stereocenters. The van der Waals surface area contributed by atoms with Crippen molar-refractivity contribution in [1.82, 2.24) is 5.32 Å². The summed E-state index contributed by atoms with van der Waals surface area (Å²) in [5.74, 6) is 0. The lowest BCUT2D eigenvalue weighted by Gasteiger charge is -2.14. The van der Waals surface area contributed by atoms with Gasteiger partial charge in [0, 0.05) is 10.5 Å². The third-order valence-corrected chi connectivity index (χ3v) is 3.87. The van der Waals surface area contributed by atoms with Gasteiger partial charge in [0.05, 0.1) is 0 Å². The van der Waals surface area contributed by atoms with Gasteiger partial charge >= 0.3 is 0 Å². The van der Waals surface area contributed by atoms with Crippen molar-refractivity contribution < 1.29 is 0 Å². The molecule has 0 heterocycles. The third kappa shape index (κ3) is 7.06. The standard InChI is InChI=1S/C18H26BrN/c1-4-7-16(5-2)8-6-13-20-15(3)14-17-9-11-18(19)12-10-17/h4-5,7,9-12,15,20H,6,8,13-14H2,1-3H3/b7-4-,16-5+. The van der Waals surface area contributed by atoms with E-state index in [1.807, 2.05) is 0 Å². The second-order valence-corrected chi connectivity index (χ2v) is 6.07. The van der Waals surface area contributed by atoms with Crippen LogP contribution in [-0.2, 0) is 6.42 Å². The van der Waals surface area contributed by atoms with Gasteiger partial charge in [-0.15, -0.1) is 0 Å². The van der Waals surface area contributed by atoms with Crippen LogP contribution in [0.5, 0.6) is 0 Å². The molecule has 1 aromatic rings. The third-order valence-electron chi connectivity index (χ3n) is 3.34. The van der Waals surface area contributed by atoms with E-state index in [-0.39, 0.29) is 0 Å². The molecule has 0 aliphatic rings. The Balaban J connectivity index is 2.23. The number of rotatable bonds is 8. The minimum absolute atomic E-state index is 0.520. The summed E-state index contributed by atoms with van der Waals surface area (Å²) in [6.07, 6.45) is 9.93. The molecule has 1 unspecified atom stereocenters. The highest BCUT2D eigenvalue weighted by atomic mass is 79.9. The van der Waals surface area contributed by atoms with E-state index in [1.165, 1.54) is 17.6 Å². The molecule has 0 saturated carbocycles.